The molecule has 17 heavy (non-hydrogen) atoms. The molecule has 1 N–H and O–H groups in total. The van der Waals surface area contributed by atoms with Gasteiger partial charge in [0, 0.05) is 25.0 Å². The first-order valence-electron chi connectivity index (χ1n) is 6.75. The van der Waals surface area contributed by atoms with Crippen molar-refractivity contribution < 1.29 is 4.74 Å². The number of imidazole rings is 1. The molecule has 1 aromatic rings. The summed E-state index contributed by atoms with van der Waals surface area (Å²) in [5, 5.41) is 3.61. The molecule has 0 amide bonds. The standard InChI is InChI=1S/C13H21N3O/c1-2-6-16-7-5-14-13(16)9-15-11-8-10-3-4-12(11)17-10/h5,7,10-12,15H,2-4,6,8-9H2,1H3. The van der Waals surface area contributed by atoms with Gasteiger partial charge in [0.2, 0.25) is 0 Å². The highest BCUT2D eigenvalue weighted by molar-refractivity contribution is 4.97. The van der Waals surface area contributed by atoms with E-state index in [1.165, 1.54) is 19.3 Å². The summed E-state index contributed by atoms with van der Waals surface area (Å²) in [6.07, 6.45) is 9.75. The SMILES string of the molecule is CCCn1ccnc1CNC1CC2CCC1O2. The molecule has 2 fully saturated rings. The molecule has 2 bridgehead atoms. The summed E-state index contributed by atoms with van der Waals surface area (Å²) in [6, 6.07) is 0.542. The quantitative estimate of drug-likeness (QED) is 0.844. The number of aromatic nitrogens is 2. The highest BCUT2D eigenvalue weighted by Crippen LogP contribution is 2.34. The number of aryl methyl sites for hydroxylation is 1. The summed E-state index contributed by atoms with van der Waals surface area (Å²) in [5.74, 6) is 1.15. The molecule has 3 rings (SSSR count). The molecule has 4 nitrogen and oxygen atoms in total. The van der Waals surface area contributed by atoms with E-state index in [1.807, 2.05) is 6.20 Å². The fourth-order valence-electron chi connectivity index (χ4n) is 3.03. The first-order chi connectivity index (χ1) is 8.36. The predicted octanol–water partition coefficient (Wildman–Crippen LogP) is 1.70. The van der Waals surface area contributed by atoms with Crippen LogP contribution in [0.1, 0.15) is 38.4 Å². The van der Waals surface area contributed by atoms with Crippen LogP contribution in [-0.4, -0.2) is 27.8 Å². The zero-order valence-electron chi connectivity index (χ0n) is 10.4. The van der Waals surface area contributed by atoms with E-state index < -0.39 is 0 Å². The number of hydrogen-bond donors (Lipinski definition) is 1. The van der Waals surface area contributed by atoms with Gasteiger partial charge in [-0.1, -0.05) is 6.92 Å². The zero-order valence-corrected chi connectivity index (χ0v) is 10.4. The van der Waals surface area contributed by atoms with E-state index in [4.69, 9.17) is 4.74 Å². The van der Waals surface area contributed by atoms with Crippen LogP contribution in [-0.2, 0) is 17.8 Å². The van der Waals surface area contributed by atoms with Crippen molar-refractivity contribution in [2.75, 3.05) is 0 Å². The predicted molar refractivity (Wildman–Crippen MR) is 65.7 cm³/mol. The maximum absolute atomic E-state index is 5.84. The topological polar surface area (TPSA) is 39.1 Å². The average molecular weight is 235 g/mol. The van der Waals surface area contributed by atoms with E-state index >= 15 is 0 Å². The molecular formula is C13H21N3O. The van der Waals surface area contributed by atoms with E-state index in [-0.39, 0.29) is 0 Å². The Kier molecular flexibility index (Phi) is 3.16. The Balaban J connectivity index is 1.55. The fraction of sp³-hybridized carbons (Fsp3) is 0.769. The molecule has 2 saturated heterocycles. The van der Waals surface area contributed by atoms with Crippen molar-refractivity contribution in [2.45, 2.75) is 63.9 Å². The largest absolute Gasteiger partial charge is 0.373 e. The number of nitrogens with zero attached hydrogens (tertiary/aromatic N) is 2. The maximum Gasteiger partial charge on any atom is 0.122 e. The van der Waals surface area contributed by atoms with Crippen LogP contribution < -0.4 is 5.32 Å². The average Bonchev–Trinajstić information content (AvgIpc) is 3.02. The molecular weight excluding hydrogens is 214 g/mol. The normalized spacial score (nSPS) is 31.2. The minimum Gasteiger partial charge on any atom is -0.373 e. The monoisotopic (exact) mass is 235 g/mol. The van der Waals surface area contributed by atoms with Crippen LogP contribution in [0.3, 0.4) is 0 Å². The maximum atomic E-state index is 5.84. The Bertz CT molecular complexity index is 376. The molecule has 0 aromatic carbocycles. The highest BCUT2D eigenvalue weighted by Gasteiger charge is 2.40. The number of nitrogens with one attached hydrogen (secondary N) is 1. The molecule has 2 aliphatic rings. The summed E-state index contributed by atoms with van der Waals surface area (Å²) in [5.41, 5.74) is 0. The number of fused-ring (bicyclic) bond motifs is 2. The highest BCUT2D eigenvalue weighted by atomic mass is 16.5. The van der Waals surface area contributed by atoms with Crippen LogP contribution in [0.5, 0.6) is 0 Å². The van der Waals surface area contributed by atoms with Gasteiger partial charge < -0.3 is 14.6 Å². The van der Waals surface area contributed by atoms with Gasteiger partial charge in [-0.05, 0) is 25.7 Å². The zero-order chi connectivity index (χ0) is 11.7. The lowest BCUT2D eigenvalue weighted by Gasteiger charge is -2.20. The van der Waals surface area contributed by atoms with Crippen molar-refractivity contribution in [3.8, 4) is 0 Å². The molecule has 2 aliphatic heterocycles. The number of rotatable bonds is 5. The third kappa shape index (κ3) is 2.24. The Morgan fingerprint density at radius 1 is 1.53 bits per heavy atom. The first kappa shape index (κ1) is 11.2. The van der Waals surface area contributed by atoms with Crippen LogP contribution >= 0.6 is 0 Å². The minimum absolute atomic E-state index is 0.453. The lowest BCUT2D eigenvalue weighted by atomic mass is 9.95. The molecule has 3 heterocycles. The summed E-state index contributed by atoms with van der Waals surface area (Å²) in [4.78, 5) is 4.42. The summed E-state index contributed by atoms with van der Waals surface area (Å²) in [7, 11) is 0. The molecule has 94 valence electrons. The van der Waals surface area contributed by atoms with E-state index in [1.54, 1.807) is 0 Å². The fourth-order valence-corrected chi connectivity index (χ4v) is 3.03. The Morgan fingerprint density at radius 3 is 3.18 bits per heavy atom. The smallest absolute Gasteiger partial charge is 0.122 e. The third-order valence-corrected chi connectivity index (χ3v) is 3.89. The number of hydrogen-bond acceptors (Lipinski definition) is 3. The van der Waals surface area contributed by atoms with Crippen LogP contribution in [0.25, 0.3) is 0 Å². The first-order valence-corrected chi connectivity index (χ1v) is 6.75. The van der Waals surface area contributed by atoms with E-state index in [0.29, 0.717) is 18.2 Å². The number of ether oxygens (including phenoxy) is 1. The van der Waals surface area contributed by atoms with Gasteiger partial charge in [-0.25, -0.2) is 4.98 Å². The third-order valence-electron chi connectivity index (χ3n) is 3.89. The molecule has 4 heteroatoms. The van der Waals surface area contributed by atoms with Crippen LogP contribution in [0.4, 0.5) is 0 Å². The molecule has 3 atom stereocenters. The summed E-state index contributed by atoms with van der Waals surface area (Å²) < 4.78 is 8.08. The van der Waals surface area contributed by atoms with E-state index in [9.17, 15) is 0 Å². The Morgan fingerprint density at radius 2 is 2.47 bits per heavy atom. The Hall–Kier alpha value is -0.870. The second kappa shape index (κ2) is 4.78. The Labute approximate surface area is 102 Å². The van der Waals surface area contributed by atoms with Crippen molar-refractivity contribution in [3.63, 3.8) is 0 Å². The van der Waals surface area contributed by atoms with Crippen molar-refractivity contribution >= 4 is 0 Å². The van der Waals surface area contributed by atoms with Crippen molar-refractivity contribution in [1.29, 1.82) is 0 Å². The van der Waals surface area contributed by atoms with Crippen LogP contribution in [0.2, 0.25) is 0 Å². The lowest BCUT2D eigenvalue weighted by molar-refractivity contribution is 0.0971. The molecule has 0 radical (unpaired) electrons. The summed E-state index contributed by atoms with van der Waals surface area (Å²) in [6.45, 7) is 4.12. The van der Waals surface area contributed by atoms with Crippen LogP contribution in [0.15, 0.2) is 12.4 Å². The van der Waals surface area contributed by atoms with Crippen molar-refractivity contribution in [1.82, 2.24) is 14.9 Å². The van der Waals surface area contributed by atoms with Crippen molar-refractivity contribution in [2.24, 2.45) is 0 Å². The lowest BCUT2D eigenvalue weighted by Crippen LogP contribution is -2.37. The van der Waals surface area contributed by atoms with Gasteiger partial charge in [0.1, 0.15) is 5.82 Å². The van der Waals surface area contributed by atoms with Gasteiger partial charge in [0.05, 0.1) is 18.8 Å². The molecule has 1 aromatic heterocycles. The van der Waals surface area contributed by atoms with E-state index in [2.05, 4.69) is 28.0 Å². The van der Waals surface area contributed by atoms with Crippen LogP contribution in [0, 0.1) is 0 Å². The van der Waals surface area contributed by atoms with Gasteiger partial charge in [0.25, 0.3) is 0 Å². The van der Waals surface area contributed by atoms with Gasteiger partial charge in [-0.3, -0.25) is 0 Å². The van der Waals surface area contributed by atoms with Gasteiger partial charge in [-0.2, -0.15) is 0 Å². The second-order valence-corrected chi connectivity index (χ2v) is 5.13. The minimum atomic E-state index is 0.453. The molecule has 0 saturated carbocycles. The molecule has 0 spiro atoms. The second-order valence-electron chi connectivity index (χ2n) is 5.13. The summed E-state index contributed by atoms with van der Waals surface area (Å²) >= 11 is 0. The van der Waals surface area contributed by atoms with Gasteiger partial charge >= 0.3 is 0 Å². The molecule has 0 aliphatic carbocycles. The van der Waals surface area contributed by atoms with Crippen molar-refractivity contribution in [3.05, 3.63) is 18.2 Å². The van der Waals surface area contributed by atoms with Gasteiger partial charge in [0.15, 0.2) is 0 Å². The molecule has 3 unspecified atom stereocenters. The van der Waals surface area contributed by atoms with E-state index in [0.717, 1.165) is 25.3 Å². The van der Waals surface area contributed by atoms with Gasteiger partial charge in [-0.15, -0.1) is 0 Å².